The van der Waals surface area contributed by atoms with Crippen LogP contribution in [0, 0.1) is 6.92 Å². The monoisotopic (exact) mass is 324 g/mol. The number of aromatic amines is 1. The average molecular weight is 324 g/mol. The number of hydrogen-bond donors (Lipinski definition) is 2. The molecule has 0 radical (unpaired) electrons. The first-order valence-corrected chi connectivity index (χ1v) is 7.92. The molecule has 0 unspecified atom stereocenters. The van der Waals surface area contributed by atoms with E-state index in [9.17, 15) is 9.59 Å². The molecule has 1 amide bonds. The zero-order valence-electron chi connectivity index (χ0n) is 14.0. The molecule has 6 nitrogen and oxygen atoms in total. The van der Waals surface area contributed by atoms with Crippen LogP contribution in [0.2, 0.25) is 0 Å². The van der Waals surface area contributed by atoms with Crippen molar-refractivity contribution in [3.05, 3.63) is 64.0 Å². The van der Waals surface area contributed by atoms with E-state index in [2.05, 4.69) is 15.3 Å². The molecule has 0 saturated carbocycles. The van der Waals surface area contributed by atoms with E-state index >= 15 is 0 Å². The molecule has 3 aromatic rings. The molecule has 2 N–H and O–H groups in total. The molecule has 6 heteroatoms. The molecule has 2 aromatic heterocycles. The first-order chi connectivity index (χ1) is 11.5. The smallest absolute Gasteiger partial charge is 0.263 e. The average Bonchev–Trinajstić information content (AvgIpc) is 3.02. The molecule has 0 fully saturated rings. The van der Waals surface area contributed by atoms with Crippen molar-refractivity contribution in [2.45, 2.75) is 26.3 Å². The summed E-state index contributed by atoms with van der Waals surface area (Å²) in [6.07, 6.45) is 2.39. The Morgan fingerprint density at radius 3 is 2.79 bits per heavy atom. The molecule has 1 atom stereocenters. The number of fused-ring (bicyclic) bond motifs is 1. The zero-order valence-corrected chi connectivity index (χ0v) is 14.0. The SMILES string of the molecule is CC[C@@H](NC(=O)c1cc2ccccc2n(C)c1=O)c1ncc(C)[nH]1. The van der Waals surface area contributed by atoms with Crippen molar-refractivity contribution in [1.29, 1.82) is 0 Å². The number of rotatable bonds is 4. The number of hydrogen-bond acceptors (Lipinski definition) is 3. The largest absolute Gasteiger partial charge is 0.344 e. The fourth-order valence-electron chi connectivity index (χ4n) is 2.79. The van der Waals surface area contributed by atoms with Crippen LogP contribution >= 0.6 is 0 Å². The van der Waals surface area contributed by atoms with Crippen molar-refractivity contribution in [2.75, 3.05) is 0 Å². The van der Waals surface area contributed by atoms with E-state index in [-0.39, 0.29) is 23.1 Å². The van der Waals surface area contributed by atoms with Gasteiger partial charge in [0.05, 0.1) is 11.6 Å². The Morgan fingerprint density at radius 1 is 1.38 bits per heavy atom. The van der Waals surface area contributed by atoms with Gasteiger partial charge < -0.3 is 14.9 Å². The Morgan fingerprint density at radius 2 is 2.12 bits per heavy atom. The number of imidazole rings is 1. The Labute approximate surface area is 139 Å². The number of para-hydroxylation sites is 1. The summed E-state index contributed by atoms with van der Waals surface area (Å²) in [5.41, 5.74) is 1.56. The maximum Gasteiger partial charge on any atom is 0.263 e. The van der Waals surface area contributed by atoms with Gasteiger partial charge in [-0.3, -0.25) is 9.59 Å². The molecule has 0 spiro atoms. The number of carbonyl (C=O) groups is 1. The Hall–Kier alpha value is -2.89. The van der Waals surface area contributed by atoms with E-state index in [1.165, 1.54) is 4.57 Å². The molecule has 0 bridgehead atoms. The lowest BCUT2D eigenvalue weighted by molar-refractivity contribution is 0.0932. The van der Waals surface area contributed by atoms with Gasteiger partial charge in [-0.25, -0.2) is 4.98 Å². The second-order valence-corrected chi connectivity index (χ2v) is 5.87. The van der Waals surface area contributed by atoms with Gasteiger partial charge in [-0.2, -0.15) is 0 Å². The topological polar surface area (TPSA) is 79.8 Å². The van der Waals surface area contributed by atoms with Crippen molar-refractivity contribution in [3.8, 4) is 0 Å². The lowest BCUT2D eigenvalue weighted by atomic mass is 10.1. The van der Waals surface area contributed by atoms with Gasteiger partial charge in [0.15, 0.2) is 0 Å². The van der Waals surface area contributed by atoms with Crippen LogP contribution in [0.5, 0.6) is 0 Å². The molecule has 24 heavy (non-hydrogen) atoms. The molecule has 3 rings (SSSR count). The highest BCUT2D eigenvalue weighted by molar-refractivity contribution is 5.97. The first-order valence-electron chi connectivity index (χ1n) is 7.92. The quantitative estimate of drug-likeness (QED) is 0.773. The minimum atomic E-state index is -0.387. The predicted octanol–water partition coefficient (Wildman–Crippen LogP) is 2.45. The van der Waals surface area contributed by atoms with Crippen LogP contribution in [-0.4, -0.2) is 20.4 Å². The van der Waals surface area contributed by atoms with E-state index in [0.29, 0.717) is 12.2 Å². The molecular weight excluding hydrogens is 304 g/mol. The van der Waals surface area contributed by atoms with E-state index in [1.807, 2.05) is 38.1 Å². The summed E-state index contributed by atoms with van der Waals surface area (Å²) in [7, 11) is 1.68. The third-order valence-electron chi connectivity index (χ3n) is 4.14. The predicted molar refractivity (Wildman–Crippen MR) is 93.0 cm³/mol. The van der Waals surface area contributed by atoms with Crippen LogP contribution in [-0.2, 0) is 7.05 Å². The zero-order chi connectivity index (χ0) is 17.3. The standard InChI is InChI=1S/C18H20N4O2/c1-4-14(16-19-10-11(2)20-16)21-17(23)13-9-12-7-5-6-8-15(12)22(3)18(13)24/h5-10,14H,4H2,1-3H3,(H,19,20)(H,21,23)/t14-/m1/s1. The highest BCUT2D eigenvalue weighted by atomic mass is 16.2. The maximum atomic E-state index is 12.6. The van der Waals surface area contributed by atoms with Crippen molar-refractivity contribution in [2.24, 2.45) is 7.05 Å². The van der Waals surface area contributed by atoms with E-state index < -0.39 is 0 Å². The van der Waals surface area contributed by atoms with Crippen molar-refractivity contribution in [3.63, 3.8) is 0 Å². The summed E-state index contributed by atoms with van der Waals surface area (Å²) in [5.74, 6) is 0.309. The van der Waals surface area contributed by atoms with Gasteiger partial charge in [-0.1, -0.05) is 25.1 Å². The first kappa shape index (κ1) is 16.0. The lowest BCUT2D eigenvalue weighted by Gasteiger charge is -2.15. The number of nitrogens with zero attached hydrogens (tertiary/aromatic N) is 2. The summed E-state index contributed by atoms with van der Waals surface area (Å²) in [5, 5.41) is 3.75. The second-order valence-electron chi connectivity index (χ2n) is 5.87. The minimum Gasteiger partial charge on any atom is -0.344 e. The summed E-state index contributed by atoms with van der Waals surface area (Å²) in [4.78, 5) is 32.6. The lowest BCUT2D eigenvalue weighted by Crippen LogP contribution is -2.34. The Balaban J connectivity index is 1.96. The van der Waals surface area contributed by atoms with Gasteiger partial charge in [0, 0.05) is 18.9 Å². The van der Waals surface area contributed by atoms with Gasteiger partial charge in [0.1, 0.15) is 11.4 Å². The molecule has 0 aliphatic rings. The fourth-order valence-corrected chi connectivity index (χ4v) is 2.79. The maximum absolute atomic E-state index is 12.6. The third kappa shape index (κ3) is 2.82. The van der Waals surface area contributed by atoms with E-state index in [4.69, 9.17) is 0 Å². The minimum absolute atomic E-state index is 0.137. The van der Waals surface area contributed by atoms with Gasteiger partial charge in [0.25, 0.3) is 11.5 Å². The van der Waals surface area contributed by atoms with Crippen LogP contribution in [0.25, 0.3) is 10.9 Å². The molecule has 2 heterocycles. The fraction of sp³-hybridized carbons (Fsp3) is 0.278. The van der Waals surface area contributed by atoms with Crippen LogP contribution in [0.3, 0.4) is 0 Å². The number of aromatic nitrogens is 3. The van der Waals surface area contributed by atoms with Crippen LogP contribution in [0.4, 0.5) is 0 Å². The molecule has 0 aliphatic heterocycles. The van der Waals surface area contributed by atoms with Gasteiger partial charge in [0.2, 0.25) is 0 Å². The van der Waals surface area contributed by atoms with E-state index in [1.54, 1.807) is 19.3 Å². The molecule has 124 valence electrons. The number of amides is 1. The van der Waals surface area contributed by atoms with Crippen LogP contribution in [0.1, 0.15) is 41.3 Å². The third-order valence-corrected chi connectivity index (χ3v) is 4.14. The number of benzene rings is 1. The summed E-state index contributed by atoms with van der Waals surface area (Å²) >= 11 is 0. The second kappa shape index (κ2) is 6.31. The highest BCUT2D eigenvalue weighted by Gasteiger charge is 2.20. The Bertz CT molecular complexity index is 955. The van der Waals surface area contributed by atoms with E-state index in [0.717, 1.165) is 16.6 Å². The Kier molecular flexibility index (Phi) is 4.20. The number of pyridine rings is 1. The molecular formula is C18H20N4O2. The molecule has 0 saturated heterocycles. The van der Waals surface area contributed by atoms with Crippen LogP contribution in [0.15, 0.2) is 41.3 Å². The molecule has 1 aromatic carbocycles. The molecule has 0 aliphatic carbocycles. The van der Waals surface area contributed by atoms with Crippen molar-refractivity contribution < 1.29 is 4.79 Å². The van der Waals surface area contributed by atoms with Gasteiger partial charge >= 0.3 is 0 Å². The number of aryl methyl sites for hydroxylation is 2. The van der Waals surface area contributed by atoms with Crippen molar-refractivity contribution in [1.82, 2.24) is 19.9 Å². The van der Waals surface area contributed by atoms with Crippen LogP contribution < -0.4 is 10.9 Å². The normalized spacial score (nSPS) is 12.3. The van der Waals surface area contributed by atoms with Gasteiger partial charge in [-0.05, 0) is 30.9 Å². The number of H-pyrrole nitrogens is 1. The summed E-state index contributed by atoms with van der Waals surface area (Å²) in [6, 6.07) is 8.88. The summed E-state index contributed by atoms with van der Waals surface area (Å²) < 4.78 is 1.50. The number of carbonyl (C=O) groups excluding carboxylic acids is 1. The highest BCUT2D eigenvalue weighted by Crippen LogP contribution is 2.15. The number of nitrogens with one attached hydrogen (secondary N) is 2. The van der Waals surface area contributed by atoms with Crippen molar-refractivity contribution >= 4 is 16.8 Å². The summed E-state index contributed by atoms with van der Waals surface area (Å²) in [6.45, 7) is 3.87. The van der Waals surface area contributed by atoms with Gasteiger partial charge in [-0.15, -0.1) is 0 Å².